The van der Waals surface area contributed by atoms with Crippen molar-refractivity contribution in [2.75, 3.05) is 6.54 Å². The molecule has 19 heavy (non-hydrogen) atoms. The lowest BCUT2D eigenvalue weighted by Gasteiger charge is -2.34. The van der Waals surface area contributed by atoms with Crippen LogP contribution in [0.2, 0.25) is 0 Å². The SMILES string of the molecule is CC(=O)[C@@H]1C(C)[C@@H](O)CN1C(=O)[C@@H](NP)C(C)(C)C. The molecule has 5 atom stereocenters. The lowest BCUT2D eigenvalue weighted by molar-refractivity contribution is -0.141. The van der Waals surface area contributed by atoms with Gasteiger partial charge in [-0.1, -0.05) is 37.1 Å². The molecule has 2 unspecified atom stereocenters. The number of hydrogen-bond acceptors (Lipinski definition) is 4. The van der Waals surface area contributed by atoms with Crippen molar-refractivity contribution in [2.24, 2.45) is 11.3 Å². The lowest BCUT2D eigenvalue weighted by Crippen LogP contribution is -2.53. The number of rotatable bonds is 3. The van der Waals surface area contributed by atoms with Gasteiger partial charge in [0.05, 0.1) is 18.2 Å². The minimum atomic E-state index is -0.636. The third kappa shape index (κ3) is 3.33. The maximum atomic E-state index is 12.6. The van der Waals surface area contributed by atoms with Crippen molar-refractivity contribution in [1.82, 2.24) is 9.99 Å². The summed E-state index contributed by atoms with van der Waals surface area (Å²) >= 11 is 0. The number of nitrogens with one attached hydrogen (secondary N) is 1. The molecule has 0 aromatic rings. The van der Waals surface area contributed by atoms with Gasteiger partial charge in [0.25, 0.3) is 0 Å². The van der Waals surface area contributed by atoms with Crippen LogP contribution in [0.4, 0.5) is 0 Å². The van der Waals surface area contributed by atoms with Gasteiger partial charge in [-0.2, -0.15) is 0 Å². The average molecular weight is 288 g/mol. The molecular formula is C13H25N2O3P. The smallest absolute Gasteiger partial charge is 0.241 e. The Bertz CT molecular complexity index is 367. The van der Waals surface area contributed by atoms with Crippen LogP contribution in [0.5, 0.6) is 0 Å². The van der Waals surface area contributed by atoms with Crippen LogP contribution in [0.1, 0.15) is 34.6 Å². The fourth-order valence-electron chi connectivity index (χ4n) is 2.65. The Morgan fingerprint density at radius 3 is 2.32 bits per heavy atom. The second kappa shape index (κ2) is 5.86. The summed E-state index contributed by atoms with van der Waals surface area (Å²) in [4.78, 5) is 25.9. The minimum Gasteiger partial charge on any atom is -0.391 e. The van der Waals surface area contributed by atoms with E-state index < -0.39 is 18.2 Å². The number of β-amino-alcohol motifs (C(OH)–C–C–N with tert-alkyl or cyclic N) is 1. The minimum absolute atomic E-state index is 0.0752. The third-order valence-electron chi connectivity index (χ3n) is 3.80. The molecule has 0 bridgehead atoms. The van der Waals surface area contributed by atoms with Gasteiger partial charge in [-0.25, -0.2) is 0 Å². The van der Waals surface area contributed by atoms with Crippen molar-refractivity contribution in [3.05, 3.63) is 0 Å². The first-order valence-corrected chi connectivity index (χ1v) is 7.14. The first kappa shape index (κ1) is 16.5. The molecule has 2 N–H and O–H groups in total. The van der Waals surface area contributed by atoms with E-state index in [0.29, 0.717) is 0 Å². The Balaban J connectivity index is 3.01. The third-order valence-corrected chi connectivity index (χ3v) is 4.14. The molecule has 5 nitrogen and oxygen atoms in total. The number of aliphatic hydroxyl groups excluding tert-OH is 1. The van der Waals surface area contributed by atoms with Gasteiger partial charge < -0.3 is 10.0 Å². The Labute approximate surface area is 117 Å². The Hall–Kier alpha value is -0.510. The fourth-order valence-corrected chi connectivity index (χ4v) is 3.29. The fraction of sp³-hybridized carbons (Fsp3) is 0.846. The van der Waals surface area contributed by atoms with Crippen molar-refractivity contribution in [3.8, 4) is 0 Å². The normalized spacial score (nSPS) is 29.4. The van der Waals surface area contributed by atoms with Gasteiger partial charge in [0.15, 0.2) is 5.78 Å². The first-order chi connectivity index (χ1) is 8.61. The van der Waals surface area contributed by atoms with Gasteiger partial charge in [0, 0.05) is 12.5 Å². The zero-order valence-corrected chi connectivity index (χ0v) is 13.5. The van der Waals surface area contributed by atoms with E-state index in [1.165, 1.54) is 11.8 Å². The van der Waals surface area contributed by atoms with Crippen LogP contribution >= 0.6 is 9.39 Å². The second-order valence-corrected chi connectivity index (χ2v) is 6.77. The van der Waals surface area contributed by atoms with E-state index in [2.05, 4.69) is 14.5 Å². The first-order valence-electron chi connectivity index (χ1n) is 6.56. The van der Waals surface area contributed by atoms with Crippen LogP contribution in [-0.4, -0.2) is 46.4 Å². The van der Waals surface area contributed by atoms with Gasteiger partial charge in [-0.15, -0.1) is 0 Å². The number of aliphatic hydroxyl groups is 1. The predicted octanol–water partition coefficient (Wildman–Crippen LogP) is 0.578. The van der Waals surface area contributed by atoms with Crippen LogP contribution in [0, 0.1) is 11.3 Å². The highest BCUT2D eigenvalue weighted by atomic mass is 31.0. The summed E-state index contributed by atoms with van der Waals surface area (Å²) in [5.41, 5.74) is -0.267. The number of nitrogens with zero attached hydrogens (tertiary/aromatic N) is 1. The molecule has 1 amide bonds. The summed E-state index contributed by atoms with van der Waals surface area (Å²) in [5, 5.41) is 12.9. The summed E-state index contributed by atoms with van der Waals surface area (Å²) in [5.74, 6) is -0.425. The topological polar surface area (TPSA) is 69.6 Å². The number of likely N-dealkylation sites (tertiary alicyclic amines) is 1. The van der Waals surface area contributed by atoms with Crippen molar-refractivity contribution in [3.63, 3.8) is 0 Å². The highest BCUT2D eigenvalue weighted by molar-refractivity contribution is 7.13. The molecule has 1 fully saturated rings. The summed E-state index contributed by atoms with van der Waals surface area (Å²) in [7, 11) is 2.36. The van der Waals surface area contributed by atoms with Gasteiger partial charge in [-0.05, 0) is 12.3 Å². The average Bonchev–Trinajstić information content (AvgIpc) is 2.54. The Kier molecular flexibility index (Phi) is 5.10. The van der Waals surface area contributed by atoms with E-state index in [9.17, 15) is 14.7 Å². The van der Waals surface area contributed by atoms with Crippen molar-refractivity contribution in [1.29, 1.82) is 0 Å². The number of amides is 1. The predicted molar refractivity (Wildman–Crippen MR) is 77.4 cm³/mol. The van der Waals surface area contributed by atoms with E-state index in [4.69, 9.17) is 0 Å². The molecular weight excluding hydrogens is 263 g/mol. The summed E-state index contributed by atoms with van der Waals surface area (Å²) in [6, 6.07) is -0.928. The molecule has 0 saturated carbocycles. The maximum Gasteiger partial charge on any atom is 0.241 e. The quantitative estimate of drug-likeness (QED) is 0.745. The summed E-state index contributed by atoms with van der Waals surface area (Å²) < 4.78 is 0. The largest absolute Gasteiger partial charge is 0.391 e. The molecule has 0 aliphatic carbocycles. The molecule has 0 radical (unpaired) electrons. The lowest BCUT2D eigenvalue weighted by atomic mass is 9.86. The van der Waals surface area contributed by atoms with Crippen LogP contribution < -0.4 is 5.09 Å². The van der Waals surface area contributed by atoms with Crippen molar-refractivity contribution >= 4 is 21.1 Å². The zero-order valence-electron chi connectivity index (χ0n) is 12.3. The highest BCUT2D eigenvalue weighted by Crippen LogP contribution is 2.29. The van der Waals surface area contributed by atoms with Crippen molar-refractivity contribution in [2.45, 2.75) is 52.8 Å². The molecule has 1 aliphatic rings. The molecule has 0 spiro atoms. The number of carbonyl (C=O) groups is 2. The Morgan fingerprint density at radius 1 is 1.42 bits per heavy atom. The van der Waals surface area contributed by atoms with Gasteiger partial charge >= 0.3 is 0 Å². The Morgan fingerprint density at radius 2 is 1.95 bits per heavy atom. The number of Topliss-reactive ketones (excluding diaryl/α,β-unsaturated/α-hetero) is 1. The number of ketones is 1. The molecule has 6 heteroatoms. The molecule has 0 aromatic carbocycles. The van der Waals surface area contributed by atoms with Crippen LogP contribution in [0.15, 0.2) is 0 Å². The van der Waals surface area contributed by atoms with E-state index in [1.807, 2.05) is 27.7 Å². The van der Waals surface area contributed by atoms with E-state index in [1.54, 1.807) is 0 Å². The summed E-state index contributed by atoms with van der Waals surface area (Å²) in [6.07, 6.45) is -0.636. The van der Waals surface area contributed by atoms with Gasteiger partial charge in [0.2, 0.25) is 5.91 Å². The number of carbonyl (C=O) groups excluding carboxylic acids is 2. The van der Waals surface area contributed by atoms with Crippen molar-refractivity contribution < 1.29 is 14.7 Å². The van der Waals surface area contributed by atoms with Crippen LogP contribution in [-0.2, 0) is 9.59 Å². The van der Waals surface area contributed by atoms with Gasteiger partial charge in [-0.3, -0.25) is 14.7 Å². The molecule has 1 saturated heterocycles. The maximum absolute atomic E-state index is 12.6. The second-order valence-electron chi connectivity index (χ2n) is 6.44. The molecule has 1 heterocycles. The van der Waals surface area contributed by atoms with E-state index in [0.717, 1.165) is 0 Å². The van der Waals surface area contributed by atoms with E-state index >= 15 is 0 Å². The standard InChI is InChI=1S/C13H25N2O3P/c1-7-9(17)6-15(10(7)8(2)16)12(18)11(14-19)13(3,4)5/h7,9-11,14,17H,6,19H2,1-5H3/t7?,9-,10-,11+/m0/s1. The zero-order chi connectivity index (χ0) is 15.0. The monoisotopic (exact) mass is 288 g/mol. The van der Waals surface area contributed by atoms with Crippen LogP contribution in [0.25, 0.3) is 0 Å². The van der Waals surface area contributed by atoms with Gasteiger partial charge in [0.1, 0.15) is 0 Å². The molecule has 0 aromatic heterocycles. The molecule has 110 valence electrons. The number of hydrogen-bond donors (Lipinski definition) is 2. The van der Waals surface area contributed by atoms with Crippen LogP contribution in [0.3, 0.4) is 0 Å². The summed E-state index contributed by atoms with van der Waals surface area (Å²) in [6.45, 7) is 9.40. The molecule has 1 aliphatic heterocycles. The molecule has 1 rings (SSSR count). The highest BCUT2D eigenvalue weighted by Gasteiger charge is 2.46. The van der Waals surface area contributed by atoms with E-state index in [-0.39, 0.29) is 29.6 Å².